The van der Waals surface area contributed by atoms with Gasteiger partial charge in [-0.15, -0.1) is 0 Å². The topological polar surface area (TPSA) is 105 Å². The normalized spacial score (nSPS) is 12.9. The monoisotopic (exact) mass is 546 g/mol. The molecule has 2 atom stereocenters. The highest BCUT2D eigenvalue weighted by atomic mass is 16.6. The number of nitrogens with zero attached hydrogens (tertiary/aromatic N) is 1. The van der Waals surface area contributed by atoms with Crippen LogP contribution in [0.3, 0.4) is 0 Å². The van der Waals surface area contributed by atoms with Gasteiger partial charge in [-0.1, -0.05) is 58.8 Å². The number of hydrogen-bond acceptors (Lipinski definition) is 7. The number of allylic oxidation sites excluding steroid dienone is 1. The Morgan fingerprint density at radius 1 is 0.974 bits per heavy atom. The Morgan fingerprint density at radius 2 is 1.67 bits per heavy atom. The van der Waals surface area contributed by atoms with Crippen LogP contribution in [0.4, 0.5) is 5.69 Å². The van der Waals surface area contributed by atoms with Gasteiger partial charge in [0.25, 0.3) is 0 Å². The molecule has 0 fully saturated rings. The first kappa shape index (κ1) is 34.3. The standard InChI is InChI=1S/C31H50N2O6/c1-5-7-8-9-10-13-16-27(35)17-14-11-12-15-22-38-28-20-18-25(23-29(28)39-31(37)6-2)32-30(36)21-19-26(24-34)33(3)4/h15,18,20,22-24,26-27,35H,5-14,16-17,19,21H2,1-4H3,(H,32,36). The van der Waals surface area contributed by atoms with Crippen LogP contribution in [0.5, 0.6) is 11.5 Å². The minimum atomic E-state index is -0.411. The second-order valence-electron chi connectivity index (χ2n) is 10.2. The Labute approximate surface area is 235 Å². The molecule has 2 N–H and O–H groups in total. The van der Waals surface area contributed by atoms with Gasteiger partial charge in [0.15, 0.2) is 11.5 Å². The molecule has 1 amide bonds. The number of ether oxygens (including phenoxy) is 2. The summed E-state index contributed by atoms with van der Waals surface area (Å²) in [6, 6.07) is 4.56. The number of aldehydes is 1. The van der Waals surface area contributed by atoms with E-state index in [1.165, 1.54) is 32.1 Å². The van der Waals surface area contributed by atoms with E-state index in [-0.39, 0.29) is 36.6 Å². The van der Waals surface area contributed by atoms with E-state index in [1.807, 2.05) is 6.08 Å². The number of carbonyl (C=O) groups excluding carboxylic acids is 3. The molecule has 0 aromatic heterocycles. The largest absolute Gasteiger partial charge is 0.461 e. The number of unbranched alkanes of at least 4 members (excludes halogenated alkanes) is 7. The molecule has 0 saturated heterocycles. The number of carbonyl (C=O) groups is 3. The Balaban J connectivity index is 2.49. The van der Waals surface area contributed by atoms with Gasteiger partial charge in [-0.05, 0) is 64.4 Å². The molecule has 0 saturated carbocycles. The van der Waals surface area contributed by atoms with Crippen molar-refractivity contribution in [1.29, 1.82) is 0 Å². The summed E-state index contributed by atoms with van der Waals surface area (Å²) in [5, 5.41) is 12.9. The third kappa shape index (κ3) is 16.1. The number of aliphatic hydroxyl groups is 1. The SMILES string of the molecule is CCCCCCCCC(O)CCCCC=COc1ccc(NC(=O)CCC(C=O)N(C)C)cc1OC(=O)CC. The molecule has 0 aliphatic heterocycles. The number of amides is 1. The first-order valence-electron chi connectivity index (χ1n) is 14.6. The van der Waals surface area contributed by atoms with Crippen molar-refractivity contribution in [3.05, 3.63) is 30.5 Å². The predicted octanol–water partition coefficient (Wildman–Crippen LogP) is 6.41. The molecule has 1 aromatic rings. The molecule has 0 spiro atoms. The molecule has 0 heterocycles. The predicted molar refractivity (Wildman–Crippen MR) is 156 cm³/mol. The van der Waals surface area contributed by atoms with Crippen molar-refractivity contribution in [3.8, 4) is 11.5 Å². The van der Waals surface area contributed by atoms with Crippen LogP contribution >= 0.6 is 0 Å². The van der Waals surface area contributed by atoms with Crippen molar-refractivity contribution in [2.24, 2.45) is 0 Å². The van der Waals surface area contributed by atoms with Crippen molar-refractivity contribution in [3.63, 3.8) is 0 Å². The molecular weight excluding hydrogens is 496 g/mol. The molecule has 0 aliphatic rings. The van der Waals surface area contributed by atoms with Crippen LogP contribution < -0.4 is 14.8 Å². The van der Waals surface area contributed by atoms with E-state index in [0.29, 0.717) is 17.9 Å². The highest BCUT2D eigenvalue weighted by Gasteiger charge is 2.15. The fourth-order valence-electron chi connectivity index (χ4n) is 4.04. The summed E-state index contributed by atoms with van der Waals surface area (Å²) in [6.07, 6.45) is 16.7. The maximum absolute atomic E-state index is 12.4. The van der Waals surface area contributed by atoms with E-state index in [0.717, 1.165) is 44.8 Å². The maximum atomic E-state index is 12.4. The maximum Gasteiger partial charge on any atom is 0.311 e. The summed E-state index contributed by atoms with van der Waals surface area (Å²) in [7, 11) is 3.59. The average Bonchev–Trinajstić information content (AvgIpc) is 2.91. The Kier molecular flexibility index (Phi) is 18.6. The smallest absolute Gasteiger partial charge is 0.311 e. The van der Waals surface area contributed by atoms with Crippen LogP contribution in [0.2, 0.25) is 0 Å². The van der Waals surface area contributed by atoms with Crippen LogP contribution in [0.25, 0.3) is 0 Å². The zero-order chi connectivity index (χ0) is 28.9. The molecule has 39 heavy (non-hydrogen) atoms. The van der Waals surface area contributed by atoms with Gasteiger partial charge in [-0.25, -0.2) is 0 Å². The zero-order valence-corrected chi connectivity index (χ0v) is 24.5. The molecule has 2 unspecified atom stereocenters. The fourth-order valence-corrected chi connectivity index (χ4v) is 4.04. The van der Waals surface area contributed by atoms with Gasteiger partial charge in [0.05, 0.1) is 18.4 Å². The highest BCUT2D eigenvalue weighted by Crippen LogP contribution is 2.31. The van der Waals surface area contributed by atoms with E-state index in [9.17, 15) is 19.5 Å². The molecule has 8 heteroatoms. The van der Waals surface area contributed by atoms with Crippen molar-refractivity contribution in [1.82, 2.24) is 4.90 Å². The third-order valence-corrected chi connectivity index (χ3v) is 6.57. The number of hydrogen-bond donors (Lipinski definition) is 2. The lowest BCUT2D eigenvalue weighted by atomic mass is 10.0. The lowest BCUT2D eigenvalue weighted by Gasteiger charge is -2.18. The van der Waals surface area contributed by atoms with Crippen LogP contribution in [-0.4, -0.2) is 54.4 Å². The number of aliphatic hydroxyl groups excluding tert-OH is 1. The number of likely N-dealkylation sites (N-methyl/N-ethyl adjacent to an activating group) is 1. The van der Waals surface area contributed by atoms with Crippen molar-refractivity contribution in [2.45, 2.75) is 116 Å². The fraction of sp³-hybridized carbons (Fsp3) is 0.645. The minimum absolute atomic E-state index is 0.183. The summed E-state index contributed by atoms with van der Waals surface area (Å²) in [6.45, 7) is 3.92. The van der Waals surface area contributed by atoms with Crippen LogP contribution in [-0.2, 0) is 14.4 Å². The van der Waals surface area contributed by atoms with Gasteiger partial charge in [0, 0.05) is 24.6 Å². The number of anilines is 1. The lowest BCUT2D eigenvalue weighted by Crippen LogP contribution is -2.30. The van der Waals surface area contributed by atoms with Crippen LogP contribution in [0.1, 0.15) is 104 Å². The average molecular weight is 547 g/mol. The second-order valence-corrected chi connectivity index (χ2v) is 10.2. The Bertz CT molecular complexity index is 871. The molecule has 0 bridgehead atoms. The lowest BCUT2D eigenvalue weighted by molar-refractivity contribution is -0.134. The second kappa shape index (κ2) is 21.2. The van der Waals surface area contributed by atoms with Gasteiger partial charge in [0.1, 0.15) is 6.29 Å². The van der Waals surface area contributed by atoms with Gasteiger partial charge < -0.3 is 24.7 Å². The van der Waals surface area contributed by atoms with E-state index in [1.54, 1.807) is 50.4 Å². The number of esters is 1. The van der Waals surface area contributed by atoms with Crippen LogP contribution in [0.15, 0.2) is 30.5 Å². The summed E-state index contributed by atoms with van der Waals surface area (Å²) in [5.74, 6) is -0.0519. The van der Waals surface area contributed by atoms with Crippen molar-refractivity contribution >= 4 is 23.9 Å². The molecule has 220 valence electrons. The van der Waals surface area contributed by atoms with Gasteiger partial charge in [-0.2, -0.15) is 0 Å². The summed E-state index contributed by atoms with van der Waals surface area (Å²) >= 11 is 0. The van der Waals surface area contributed by atoms with Gasteiger partial charge in [0.2, 0.25) is 5.91 Å². The molecule has 0 aliphatic carbocycles. The van der Waals surface area contributed by atoms with E-state index in [2.05, 4.69) is 12.2 Å². The number of benzene rings is 1. The van der Waals surface area contributed by atoms with Gasteiger partial charge in [-0.3, -0.25) is 14.5 Å². The number of nitrogens with one attached hydrogen (secondary N) is 1. The quantitative estimate of drug-likeness (QED) is 0.0569. The summed E-state index contributed by atoms with van der Waals surface area (Å²) in [5.41, 5.74) is 0.474. The minimum Gasteiger partial charge on any atom is -0.461 e. The van der Waals surface area contributed by atoms with E-state index in [4.69, 9.17) is 9.47 Å². The van der Waals surface area contributed by atoms with E-state index >= 15 is 0 Å². The first-order valence-corrected chi connectivity index (χ1v) is 14.6. The molecular formula is C31H50N2O6. The Morgan fingerprint density at radius 3 is 2.33 bits per heavy atom. The van der Waals surface area contributed by atoms with Gasteiger partial charge >= 0.3 is 5.97 Å². The number of rotatable bonds is 22. The highest BCUT2D eigenvalue weighted by molar-refractivity contribution is 5.91. The molecule has 8 nitrogen and oxygen atoms in total. The zero-order valence-electron chi connectivity index (χ0n) is 24.5. The first-order chi connectivity index (χ1) is 18.8. The van der Waals surface area contributed by atoms with Crippen LogP contribution in [0, 0.1) is 0 Å². The molecule has 0 radical (unpaired) electrons. The Hall–Kier alpha value is -2.71. The molecule has 1 aromatic carbocycles. The third-order valence-electron chi connectivity index (χ3n) is 6.57. The summed E-state index contributed by atoms with van der Waals surface area (Å²) < 4.78 is 11.1. The van der Waals surface area contributed by atoms with E-state index < -0.39 is 5.97 Å². The summed E-state index contributed by atoms with van der Waals surface area (Å²) in [4.78, 5) is 37.2. The van der Waals surface area contributed by atoms with Crippen molar-refractivity contribution < 1.29 is 29.0 Å². The van der Waals surface area contributed by atoms with Crippen molar-refractivity contribution in [2.75, 3.05) is 19.4 Å². The molecule has 1 rings (SSSR count).